The van der Waals surface area contributed by atoms with Gasteiger partial charge < -0.3 is 4.42 Å². The largest absolute Gasteiger partial charge is 0.440 e. The van der Waals surface area contributed by atoms with Gasteiger partial charge in [0.05, 0.1) is 0 Å². The van der Waals surface area contributed by atoms with E-state index in [2.05, 4.69) is 10.3 Å². The molecule has 1 fully saturated rings. The second-order valence-electron chi connectivity index (χ2n) is 4.02. The van der Waals surface area contributed by atoms with Crippen LogP contribution in [-0.4, -0.2) is 16.8 Å². The van der Waals surface area contributed by atoms with Crippen molar-refractivity contribution in [2.45, 2.75) is 18.8 Å². The summed E-state index contributed by atoms with van der Waals surface area (Å²) in [7, 11) is 0. The standard InChI is InChI=1S/C12H10N2O3/c15-10-6-5-7(11(16)14-10)12-13-8-3-1-2-4-9(8)17-12/h1-4,7H,5-6H2,(H,14,15,16)/t7-/m0/s1. The minimum Gasteiger partial charge on any atom is -0.440 e. The van der Waals surface area contributed by atoms with E-state index in [4.69, 9.17) is 4.42 Å². The number of para-hydroxylation sites is 2. The summed E-state index contributed by atoms with van der Waals surface area (Å²) in [5, 5.41) is 2.29. The van der Waals surface area contributed by atoms with Crippen molar-refractivity contribution >= 4 is 22.9 Å². The maximum atomic E-state index is 11.7. The van der Waals surface area contributed by atoms with Gasteiger partial charge in [0.2, 0.25) is 17.7 Å². The van der Waals surface area contributed by atoms with Crippen LogP contribution in [0.15, 0.2) is 28.7 Å². The Labute approximate surface area is 96.8 Å². The number of nitrogens with zero attached hydrogens (tertiary/aromatic N) is 1. The van der Waals surface area contributed by atoms with Gasteiger partial charge in [-0.15, -0.1) is 0 Å². The number of fused-ring (bicyclic) bond motifs is 1. The van der Waals surface area contributed by atoms with Gasteiger partial charge in [0.1, 0.15) is 11.4 Å². The zero-order valence-electron chi connectivity index (χ0n) is 8.97. The highest BCUT2D eigenvalue weighted by Crippen LogP contribution is 2.27. The zero-order chi connectivity index (χ0) is 11.8. The van der Waals surface area contributed by atoms with Crippen molar-refractivity contribution in [2.75, 3.05) is 0 Å². The Balaban J connectivity index is 1.98. The highest BCUT2D eigenvalue weighted by Gasteiger charge is 2.31. The first-order chi connectivity index (χ1) is 8.24. The fraction of sp³-hybridized carbons (Fsp3) is 0.250. The lowest BCUT2D eigenvalue weighted by Crippen LogP contribution is -2.39. The first-order valence-electron chi connectivity index (χ1n) is 5.43. The number of nitrogens with one attached hydrogen (secondary N) is 1. The summed E-state index contributed by atoms with van der Waals surface area (Å²) in [4.78, 5) is 27.0. The summed E-state index contributed by atoms with van der Waals surface area (Å²) in [6.07, 6.45) is 0.784. The molecule has 2 heterocycles. The highest BCUT2D eigenvalue weighted by atomic mass is 16.3. The fourth-order valence-electron chi connectivity index (χ4n) is 1.97. The Hall–Kier alpha value is -2.17. The molecule has 3 rings (SSSR count). The summed E-state index contributed by atoms with van der Waals surface area (Å²) >= 11 is 0. The van der Waals surface area contributed by atoms with Crippen LogP contribution in [0, 0.1) is 0 Å². The van der Waals surface area contributed by atoms with Crippen LogP contribution in [0.3, 0.4) is 0 Å². The molecule has 1 N–H and O–H groups in total. The zero-order valence-corrected chi connectivity index (χ0v) is 8.97. The molecule has 86 valence electrons. The van der Waals surface area contributed by atoms with E-state index in [1.807, 2.05) is 18.2 Å². The highest BCUT2D eigenvalue weighted by molar-refractivity contribution is 6.00. The average molecular weight is 230 g/mol. The van der Waals surface area contributed by atoms with Gasteiger partial charge in [0.15, 0.2) is 5.58 Å². The number of benzene rings is 1. The van der Waals surface area contributed by atoms with Crippen LogP contribution < -0.4 is 5.32 Å². The Morgan fingerprint density at radius 2 is 2.12 bits per heavy atom. The molecule has 17 heavy (non-hydrogen) atoms. The fourth-order valence-corrected chi connectivity index (χ4v) is 1.97. The summed E-state index contributed by atoms with van der Waals surface area (Å²) < 4.78 is 5.53. The third-order valence-electron chi connectivity index (χ3n) is 2.85. The predicted octanol–water partition coefficient (Wildman–Crippen LogP) is 1.35. The van der Waals surface area contributed by atoms with Gasteiger partial charge in [-0.2, -0.15) is 0 Å². The topological polar surface area (TPSA) is 72.2 Å². The van der Waals surface area contributed by atoms with Gasteiger partial charge in [0, 0.05) is 6.42 Å². The molecule has 1 aromatic carbocycles. The molecular weight excluding hydrogens is 220 g/mol. The van der Waals surface area contributed by atoms with Gasteiger partial charge in [-0.25, -0.2) is 4.98 Å². The van der Waals surface area contributed by atoms with Crippen LogP contribution in [0.5, 0.6) is 0 Å². The number of aromatic nitrogens is 1. The molecule has 0 radical (unpaired) electrons. The van der Waals surface area contributed by atoms with Crippen molar-refractivity contribution < 1.29 is 14.0 Å². The number of hydrogen-bond acceptors (Lipinski definition) is 4. The number of rotatable bonds is 1. The summed E-state index contributed by atoms with van der Waals surface area (Å²) in [5.41, 5.74) is 1.39. The van der Waals surface area contributed by atoms with E-state index in [9.17, 15) is 9.59 Å². The second kappa shape index (κ2) is 3.69. The molecule has 5 heteroatoms. The monoisotopic (exact) mass is 230 g/mol. The van der Waals surface area contributed by atoms with Crippen molar-refractivity contribution in [1.82, 2.24) is 10.3 Å². The lowest BCUT2D eigenvalue weighted by molar-refractivity contribution is -0.134. The van der Waals surface area contributed by atoms with Crippen LogP contribution in [0.25, 0.3) is 11.1 Å². The van der Waals surface area contributed by atoms with Crippen LogP contribution in [0.4, 0.5) is 0 Å². The minimum atomic E-state index is -0.458. The van der Waals surface area contributed by atoms with E-state index in [1.54, 1.807) is 6.07 Å². The Bertz CT molecular complexity index is 570. The molecule has 1 aromatic heterocycles. The third kappa shape index (κ3) is 1.69. The molecule has 0 bridgehead atoms. The van der Waals surface area contributed by atoms with Crippen molar-refractivity contribution in [2.24, 2.45) is 0 Å². The Morgan fingerprint density at radius 3 is 2.88 bits per heavy atom. The average Bonchev–Trinajstić information content (AvgIpc) is 2.72. The molecular formula is C12H10N2O3. The van der Waals surface area contributed by atoms with E-state index in [1.165, 1.54) is 0 Å². The van der Waals surface area contributed by atoms with Crippen molar-refractivity contribution in [3.8, 4) is 0 Å². The molecule has 0 unspecified atom stereocenters. The maximum Gasteiger partial charge on any atom is 0.239 e. The van der Waals surface area contributed by atoms with E-state index in [0.29, 0.717) is 24.3 Å². The number of hydrogen-bond donors (Lipinski definition) is 1. The lowest BCUT2D eigenvalue weighted by Gasteiger charge is -2.17. The maximum absolute atomic E-state index is 11.7. The number of imide groups is 1. The summed E-state index contributed by atoms with van der Waals surface area (Å²) in [6.45, 7) is 0. The molecule has 1 aliphatic rings. The quantitative estimate of drug-likeness (QED) is 0.750. The van der Waals surface area contributed by atoms with Gasteiger partial charge in [-0.05, 0) is 18.6 Å². The van der Waals surface area contributed by atoms with Gasteiger partial charge >= 0.3 is 0 Å². The molecule has 1 saturated heterocycles. The number of carbonyl (C=O) groups is 2. The second-order valence-corrected chi connectivity index (χ2v) is 4.02. The predicted molar refractivity (Wildman–Crippen MR) is 59.1 cm³/mol. The number of oxazole rings is 1. The molecule has 0 saturated carbocycles. The SMILES string of the molecule is O=C1CC[C@H](c2nc3ccccc3o2)C(=O)N1. The van der Waals surface area contributed by atoms with E-state index in [0.717, 1.165) is 5.52 Å². The van der Waals surface area contributed by atoms with Gasteiger partial charge in [-0.3, -0.25) is 14.9 Å². The Morgan fingerprint density at radius 1 is 1.29 bits per heavy atom. The van der Waals surface area contributed by atoms with Crippen LogP contribution in [0.1, 0.15) is 24.7 Å². The lowest BCUT2D eigenvalue weighted by atomic mass is 9.98. The van der Waals surface area contributed by atoms with E-state index < -0.39 is 5.92 Å². The third-order valence-corrected chi connectivity index (χ3v) is 2.85. The molecule has 2 amide bonds. The molecule has 2 aromatic rings. The number of amides is 2. The Kier molecular flexibility index (Phi) is 2.18. The summed E-state index contributed by atoms with van der Waals surface area (Å²) in [6, 6.07) is 7.34. The number of piperidine rings is 1. The van der Waals surface area contributed by atoms with E-state index >= 15 is 0 Å². The normalized spacial score (nSPS) is 20.6. The molecule has 1 aliphatic heterocycles. The first kappa shape index (κ1) is 10.0. The number of carbonyl (C=O) groups excluding carboxylic acids is 2. The smallest absolute Gasteiger partial charge is 0.239 e. The molecule has 0 aliphatic carbocycles. The van der Waals surface area contributed by atoms with Gasteiger partial charge in [-0.1, -0.05) is 12.1 Å². The molecule has 1 atom stereocenters. The molecule has 0 spiro atoms. The first-order valence-corrected chi connectivity index (χ1v) is 5.43. The summed E-state index contributed by atoms with van der Waals surface area (Å²) in [5.74, 6) is -0.633. The minimum absolute atomic E-state index is 0.234. The van der Waals surface area contributed by atoms with Crippen molar-refractivity contribution in [3.63, 3.8) is 0 Å². The van der Waals surface area contributed by atoms with E-state index in [-0.39, 0.29) is 11.8 Å². The van der Waals surface area contributed by atoms with Crippen molar-refractivity contribution in [3.05, 3.63) is 30.2 Å². The molecule has 5 nitrogen and oxygen atoms in total. The van der Waals surface area contributed by atoms with Crippen LogP contribution >= 0.6 is 0 Å². The van der Waals surface area contributed by atoms with Gasteiger partial charge in [0.25, 0.3) is 0 Å². The van der Waals surface area contributed by atoms with Crippen LogP contribution in [-0.2, 0) is 9.59 Å². The van der Waals surface area contributed by atoms with Crippen LogP contribution in [0.2, 0.25) is 0 Å². The van der Waals surface area contributed by atoms with Crippen molar-refractivity contribution in [1.29, 1.82) is 0 Å².